The Balaban J connectivity index is 2.60. The predicted molar refractivity (Wildman–Crippen MR) is 70.3 cm³/mol. The summed E-state index contributed by atoms with van der Waals surface area (Å²) in [5, 5.41) is 11.7. The summed E-state index contributed by atoms with van der Waals surface area (Å²) < 4.78 is 0. The predicted octanol–water partition coefficient (Wildman–Crippen LogP) is 2.76. The Hall–Kier alpha value is -1.84. The van der Waals surface area contributed by atoms with Crippen LogP contribution in [0, 0.1) is 11.8 Å². The van der Waals surface area contributed by atoms with E-state index in [1.54, 1.807) is 6.92 Å². The zero-order chi connectivity index (χ0) is 13.5. The topological polar surface area (TPSA) is 66.4 Å². The molecule has 0 bridgehead atoms. The van der Waals surface area contributed by atoms with Gasteiger partial charge in [0.15, 0.2) is 0 Å². The number of amides is 1. The molecule has 98 valence electrons. The molecule has 1 amide bonds. The van der Waals surface area contributed by atoms with Gasteiger partial charge < -0.3 is 10.4 Å². The molecule has 0 heterocycles. The summed E-state index contributed by atoms with van der Waals surface area (Å²) in [4.78, 5) is 22.8. The Morgan fingerprint density at radius 1 is 1.28 bits per heavy atom. The molecule has 0 saturated carbocycles. The molecule has 0 aliphatic carbocycles. The van der Waals surface area contributed by atoms with E-state index in [-0.39, 0.29) is 11.8 Å². The summed E-state index contributed by atoms with van der Waals surface area (Å²) in [6, 6.07) is 9.18. The summed E-state index contributed by atoms with van der Waals surface area (Å²) in [6.07, 6.45) is 1.00. The summed E-state index contributed by atoms with van der Waals surface area (Å²) in [5.41, 5.74) is 0.740. The van der Waals surface area contributed by atoms with E-state index in [4.69, 9.17) is 5.11 Å². The maximum Gasteiger partial charge on any atom is 0.306 e. The lowest BCUT2D eigenvalue weighted by Gasteiger charge is -2.17. The summed E-state index contributed by atoms with van der Waals surface area (Å²) in [5.74, 6) is -1.74. The number of hydrogen-bond acceptors (Lipinski definition) is 2. The van der Waals surface area contributed by atoms with E-state index in [1.807, 2.05) is 37.3 Å². The second-order valence-electron chi connectivity index (χ2n) is 4.44. The van der Waals surface area contributed by atoms with Crippen LogP contribution in [0.4, 0.5) is 5.69 Å². The minimum Gasteiger partial charge on any atom is -0.481 e. The molecule has 0 aromatic heterocycles. The fourth-order valence-corrected chi connectivity index (χ4v) is 1.75. The fourth-order valence-electron chi connectivity index (χ4n) is 1.75. The average Bonchev–Trinajstić information content (AvgIpc) is 2.36. The van der Waals surface area contributed by atoms with Crippen LogP contribution in [0.3, 0.4) is 0 Å². The zero-order valence-corrected chi connectivity index (χ0v) is 10.7. The molecule has 1 aromatic rings. The van der Waals surface area contributed by atoms with Crippen LogP contribution < -0.4 is 5.32 Å². The van der Waals surface area contributed by atoms with Gasteiger partial charge >= 0.3 is 5.97 Å². The number of rotatable bonds is 6. The van der Waals surface area contributed by atoms with Crippen LogP contribution >= 0.6 is 0 Å². The monoisotopic (exact) mass is 249 g/mol. The average molecular weight is 249 g/mol. The number of benzene rings is 1. The van der Waals surface area contributed by atoms with Gasteiger partial charge in [0.25, 0.3) is 0 Å². The number of carboxylic acid groups (broad SMARTS) is 1. The Morgan fingerprint density at radius 3 is 2.39 bits per heavy atom. The maximum atomic E-state index is 12.0. The van der Waals surface area contributed by atoms with Gasteiger partial charge in [0.2, 0.25) is 5.91 Å². The normalized spacial score (nSPS) is 13.7. The third-order valence-corrected chi connectivity index (χ3v) is 2.96. The van der Waals surface area contributed by atoms with E-state index in [9.17, 15) is 9.59 Å². The first-order valence-electron chi connectivity index (χ1n) is 6.13. The Morgan fingerprint density at radius 2 is 1.89 bits per heavy atom. The summed E-state index contributed by atoms with van der Waals surface area (Å²) in [6.45, 7) is 3.52. The highest BCUT2D eigenvalue weighted by atomic mass is 16.4. The molecule has 1 rings (SSSR count). The number of carboxylic acids is 1. The number of aliphatic carboxylic acids is 1. The molecule has 4 heteroatoms. The van der Waals surface area contributed by atoms with Crippen molar-refractivity contribution in [3.05, 3.63) is 30.3 Å². The molecule has 0 fully saturated rings. The number of nitrogens with one attached hydrogen (secondary N) is 1. The van der Waals surface area contributed by atoms with E-state index < -0.39 is 11.9 Å². The number of hydrogen-bond donors (Lipinski definition) is 2. The van der Waals surface area contributed by atoms with E-state index in [2.05, 4.69) is 5.32 Å². The lowest BCUT2D eigenvalue weighted by atomic mass is 9.93. The van der Waals surface area contributed by atoms with Crippen LogP contribution in [0.1, 0.15) is 26.7 Å². The van der Waals surface area contributed by atoms with Crippen molar-refractivity contribution in [1.82, 2.24) is 0 Å². The smallest absolute Gasteiger partial charge is 0.306 e. The number of carbonyl (C=O) groups is 2. The van der Waals surface area contributed by atoms with Gasteiger partial charge in [-0.15, -0.1) is 0 Å². The van der Waals surface area contributed by atoms with E-state index in [0.29, 0.717) is 12.8 Å². The van der Waals surface area contributed by atoms with Crippen molar-refractivity contribution >= 4 is 17.6 Å². The molecular weight excluding hydrogens is 230 g/mol. The molecule has 0 aliphatic heterocycles. The largest absolute Gasteiger partial charge is 0.481 e. The fraction of sp³-hybridized carbons (Fsp3) is 0.429. The molecular formula is C14H19NO3. The van der Waals surface area contributed by atoms with E-state index in [0.717, 1.165) is 5.69 Å². The lowest BCUT2D eigenvalue weighted by molar-refractivity contribution is -0.141. The van der Waals surface area contributed by atoms with Crippen molar-refractivity contribution in [3.8, 4) is 0 Å². The van der Waals surface area contributed by atoms with Crippen molar-refractivity contribution in [3.63, 3.8) is 0 Å². The Kier molecular flexibility index (Phi) is 5.36. The molecule has 4 nitrogen and oxygen atoms in total. The zero-order valence-electron chi connectivity index (χ0n) is 10.7. The third-order valence-electron chi connectivity index (χ3n) is 2.96. The maximum absolute atomic E-state index is 12.0. The van der Waals surface area contributed by atoms with Gasteiger partial charge in [-0.25, -0.2) is 0 Å². The van der Waals surface area contributed by atoms with E-state index in [1.165, 1.54) is 0 Å². The van der Waals surface area contributed by atoms with Crippen LogP contribution in [0.25, 0.3) is 0 Å². The molecule has 2 unspecified atom stereocenters. The van der Waals surface area contributed by atoms with Crippen LogP contribution in [0.15, 0.2) is 30.3 Å². The van der Waals surface area contributed by atoms with Gasteiger partial charge in [0.1, 0.15) is 0 Å². The van der Waals surface area contributed by atoms with Gasteiger partial charge in [-0.1, -0.05) is 32.0 Å². The molecule has 18 heavy (non-hydrogen) atoms. The highest BCUT2D eigenvalue weighted by Crippen LogP contribution is 2.18. The minimum atomic E-state index is -0.860. The van der Waals surface area contributed by atoms with Gasteiger partial charge in [-0.05, 0) is 25.0 Å². The van der Waals surface area contributed by atoms with E-state index >= 15 is 0 Å². The van der Waals surface area contributed by atoms with Crippen LogP contribution in [-0.4, -0.2) is 17.0 Å². The first kappa shape index (κ1) is 14.2. The standard InChI is InChI=1S/C14H19NO3/c1-3-11(9-10(2)14(17)18)13(16)15-12-7-5-4-6-8-12/h4-8,10-11H,3,9H2,1-2H3,(H,15,16)(H,17,18). The van der Waals surface area contributed by atoms with Crippen molar-refractivity contribution in [2.75, 3.05) is 5.32 Å². The van der Waals surface area contributed by atoms with Crippen molar-refractivity contribution in [2.45, 2.75) is 26.7 Å². The van der Waals surface area contributed by atoms with Crippen LogP contribution in [-0.2, 0) is 9.59 Å². The third kappa shape index (κ3) is 4.20. The number of para-hydroxylation sites is 1. The first-order chi connectivity index (χ1) is 8.54. The molecule has 1 aromatic carbocycles. The Labute approximate surface area is 107 Å². The highest BCUT2D eigenvalue weighted by molar-refractivity contribution is 5.92. The number of anilines is 1. The second-order valence-corrected chi connectivity index (χ2v) is 4.44. The summed E-state index contributed by atoms with van der Waals surface area (Å²) >= 11 is 0. The SMILES string of the molecule is CCC(CC(C)C(=O)O)C(=O)Nc1ccccc1. The molecule has 0 spiro atoms. The van der Waals surface area contributed by atoms with Gasteiger partial charge in [0, 0.05) is 11.6 Å². The first-order valence-corrected chi connectivity index (χ1v) is 6.13. The van der Waals surface area contributed by atoms with Crippen LogP contribution in [0.2, 0.25) is 0 Å². The molecule has 0 radical (unpaired) electrons. The van der Waals surface area contributed by atoms with Crippen molar-refractivity contribution in [2.24, 2.45) is 11.8 Å². The van der Waals surface area contributed by atoms with Crippen molar-refractivity contribution in [1.29, 1.82) is 0 Å². The van der Waals surface area contributed by atoms with Crippen molar-refractivity contribution < 1.29 is 14.7 Å². The van der Waals surface area contributed by atoms with Gasteiger partial charge in [-0.2, -0.15) is 0 Å². The van der Waals surface area contributed by atoms with Crippen LogP contribution in [0.5, 0.6) is 0 Å². The van der Waals surface area contributed by atoms with Gasteiger partial charge in [0.05, 0.1) is 5.92 Å². The minimum absolute atomic E-state index is 0.114. The molecule has 0 aliphatic rings. The Bertz CT molecular complexity index is 403. The lowest BCUT2D eigenvalue weighted by Crippen LogP contribution is -2.26. The molecule has 2 N–H and O–H groups in total. The quantitative estimate of drug-likeness (QED) is 0.814. The van der Waals surface area contributed by atoms with Gasteiger partial charge in [-0.3, -0.25) is 9.59 Å². The molecule has 2 atom stereocenters. The molecule has 0 saturated heterocycles. The highest BCUT2D eigenvalue weighted by Gasteiger charge is 2.22. The second kappa shape index (κ2) is 6.79. The number of carbonyl (C=O) groups excluding carboxylic acids is 1. The summed E-state index contributed by atoms with van der Waals surface area (Å²) in [7, 11) is 0.